The molecular weight excluding hydrogens is 342 g/mol. The maximum atomic E-state index is 12.9. The molecule has 2 fully saturated rings. The first-order valence-electron chi connectivity index (χ1n) is 10.0. The summed E-state index contributed by atoms with van der Waals surface area (Å²) in [6.07, 6.45) is 3.40. The van der Waals surface area contributed by atoms with E-state index in [9.17, 15) is 14.4 Å². The smallest absolute Gasteiger partial charge is 0.274 e. The van der Waals surface area contributed by atoms with Crippen LogP contribution in [0.3, 0.4) is 0 Å². The van der Waals surface area contributed by atoms with Crippen molar-refractivity contribution >= 4 is 17.5 Å². The van der Waals surface area contributed by atoms with Crippen LogP contribution in [0.25, 0.3) is 0 Å². The van der Waals surface area contributed by atoms with Gasteiger partial charge in [-0.2, -0.15) is 0 Å². The molecule has 0 spiro atoms. The summed E-state index contributed by atoms with van der Waals surface area (Å²) in [6, 6.07) is 3.70. The Morgan fingerprint density at radius 1 is 1.15 bits per heavy atom. The first-order valence-corrected chi connectivity index (χ1v) is 10.0. The molecule has 3 heterocycles. The van der Waals surface area contributed by atoms with Crippen LogP contribution in [0.5, 0.6) is 0 Å². The van der Waals surface area contributed by atoms with Crippen LogP contribution in [-0.2, 0) is 16.1 Å². The van der Waals surface area contributed by atoms with Crippen molar-refractivity contribution < 1.29 is 9.59 Å². The predicted octanol–water partition coefficient (Wildman–Crippen LogP) is 2.58. The Bertz CT molecular complexity index is 832. The lowest BCUT2D eigenvalue weighted by molar-refractivity contribution is -0.135. The number of carbonyl (C=O) groups excluding carboxylic acids is 2. The number of piperidine rings is 1. The number of nitrogens with one attached hydrogen (secondary N) is 1. The quantitative estimate of drug-likeness (QED) is 0.888. The van der Waals surface area contributed by atoms with Crippen LogP contribution in [0, 0.1) is 17.3 Å². The zero-order chi connectivity index (χ0) is 19.3. The maximum Gasteiger partial charge on any atom is 0.274 e. The largest absolute Gasteiger partial charge is 0.342 e. The molecule has 27 heavy (non-hydrogen) atoms. The summed E-state index contributed by atoms with van der Waals surface area (Å²) in [5.41, 5.74) is 1.25. The van der Waals surface area contributed by atoms with Crippen molar-refractivity contribution in [2.45, 2.75) is 58.9 Å². The maximum absolute atomic E-state index is 12.9. The fourth-order valence-corrected chi connectivity index (χ4v) is 4.39. The fourth-order valence-electron chi connectivity index (χ4n) is 4.39. The van der Waals surface area contributed by atoms with E-state index in [1.165, 1.54) is 0 Å². The second-order valence-electron chi connectivity index (χ2n) is 9.69. The summed E-state index contributed by atoms with van der Waals surface area (Å²) in [7, 11) is 0. The number of anilines is 1. The SMILES string of the molecule is CC(C)(C)CC(=O)N1CC2CC(C1)c1ccc(NC(=O)C3CC3)c(=O)n1C2. The van der Waals surface area contributed by atoms with Gasteiger partial charge in [-0.3, -0.25) is 14.4 Å². The Morgan fingerprint density at radius 3 is 2.56 bits per heavy atom. The fraction of sp³-hybridized carbons (Fsp3) is 0.667. The zero-order valence-corrected chi connectivity index (χ0v) is 16.5. The highest BCUT2D eigenvalue weighted by molar-refractivity contribution is 5.93. The van der Waals surface area contributed by atoms with Gasteiger partial charge in [0.25, 0.3) is 5.56 Å². The first-order chi connectivity index (χ1) is 12.7. The minimum atomic E-state index is -0.106. The molecule has 2 aliphatic heterocycles. The van der Waals surface area contributed by atoms with Gasteiger partial charge in [-0.15, -0.1) is 0 Å². The van der Waals surface area contributed by atoms with Crippen LogP contribution in [0.1, 0.15) is 58.1 Å². The van der Waals surface area contributed by atoms with Gasteiger partial charge in [0, 0.05) is 43.6 Å². The molecule has 2 atom stereocenters. The van der Waals surface area contributed by atoms with Crippen molar-refractivity contribution in [3.05, 3.63) is 28.2 Å². The Kier molecular flexibility index (Phi) is 4.40. The molecule has 4 rings (SSSR count). The predicted molar refractivity (Wildman–Crippen MR) is 104 cm³/mol. The molecule has 2 bridgehead atoms. The summed E-state index contributed by atoms with van der Waals surface area (Å²) < 4.78 is 1.83. The summed E-state index contributed by atoms with van der Waals surface area (Å²) >= 11 is 0. The van der Waals surface area contributed by atoms with Crippen LogP contribution in [0.15, 0.2) is 16.9 Å². The average Bonchev–Trinajstić information content (AvgIpc) is 3.41. The second-order valence-corrected chi connectivity index (χ2v) is 9.69. The molecule has 1 aromatic heterocycles. The number of fused-ring (bicyclic) bond motifs is 4. The van der Waals surface area contributed by atoms with Gasteiger partial charge >= 0.3 is 0 Å². The number of carbonyl (C=O) groups is 2. The van der Waals surface area contributed by atoms with Gasteiger partial charge in [-0.25, -0.2) is 0 Å². The Labute approximate surface area is 159 Å². The van der Waals surface area contributed by atoms with Crippen LogP contribution in [0.2, 0.25) is 0 Å². The van der Waals surface area contributed by atoms with Gasteiger partial charge in [0.15, 0.2) is 0 Å². The van der Waals surface area contributed by atoms with Crippen LogP contribution in [-0.4, -0.2) is 34.4 Å². The normalized spacial score (nSPS) is 24.3. The Balaban J connectivity index is 1.54. The lowest BCUT2D eigenvalue weighted by Crippen LogP contribution is -2.49. The molecule has 0 radical (unpaired) electrons. The number of nitrogens with zero attached hydrogens (tertiary/aromatic N) is 2. The van der Waals surface area contributed by atoms with Gasteiger partial charge in [0.2, 0.25) is 11.8 Å². The average molecular weight is 371 g/mol. The van der Waals surface area contributed by atoms with Gasteiger partial charge in [-0.05, 0) is 42.7 Å². The Hall–Kier alpha value is -2.11. The number of hydrogen-bond donors (Lipinski definition) is 1. The van der Waals surface area contributed by atoms with E-state index in [2.05, 4.69) is 26.1 Å². The highest BCUT2D eigenvalue weighted by Gasteiger charge is 2.37. The summed E-state index contributed by atoms with van der Waals surface area (Å²) in [6.45, 7) is 8.28. The molecule has 146 valence electrons. The number of rotatable bonds is 3. The third-order valence-electron chi connectivity index (χ3n) is 5.84. The number of aromatic nitrogens is 1. The van der Waals surface area contributed by atoms with Crippen LogP contribution < -0.4 is 10.9 Å². The van der Waals surface area contributed by atoms with Crippen molar-refractivity contribution in [3.8, 4) is 0 Å². The molecule has 3 aliphatic rings. The third kappa shape index (κ3) is 3.80. The van der Waals surface area contributed by atoms with Crippen molar-refractivity contribution in [2.24, 2.45) is 17.3 Å². The highest BCUT2D eigenvalue weighted by atomic mass is 16.2. The topological polar surface area (TPSA) is 71.4 Å². The lowest BCUT2D eigenvalue weighted by atomic mass is 9.82. The molecule has 1 saturated heterocycles. The number of hydrogen-bond acceptors (Lipinski definition) is 3. The van der Waals surface area contributed by atoms with E-state index in [0.717, 1.165) is 31.5 Å². The van der Waals surface area contributed by atoms with Crippen LogP contribution in [0.4, 0.5) is 5.69 Å². The molecule has 2 unspecified atom stereocenters. The molecule has 0 aromatic carbocycles. The lowest BCUT2D eigenvalue weighted by Gasteiger charge is -2.43. The molecule has 1 saturated carbocycles. The molecule has 1 N–H and O–H groups in total. The van der Waals surface area contributed by atoms with Crippen molar-refractivity contribution in [3.63, 3.8) is 0 Å². The molecule has 6 heteroatoms. The first kappa shape index (κ1) is 18.3. The van der Waals surface area contributed by atoms with E-state index in [4.69, 9.17) is 0 Å². The molecule has 1 aliphatic carbocycles. The standard InChI is InChI=1S/C21H29N3O3/c1-21(2,3)9-18(25)23-10-13-8-15(12-23)17-7-6-16(20(27)24(17)11-13)22-19(26)14-4-5-14/h6-7,13-15H,4-5,8-12H2,1-3H3,(H,22,26). The number of amides is 2. The monoisotopic (exact) mass is 371 g/mol. The van der Waals surface area contributed by atoms with Gasteiger partial charge in [0.1, 0.15) is 5.69 Å². The van der Waals surface area contributed by atoms with Crippen molar-refractivity contribution in [1.29, 1.82) is 0 Å². The minimum Gasteiger partial charge on any atom is -0.342 e. The van der Waals surface area contributed by atoms with E-state index in [1.807, 2.05) is 15.5 Å². The molecule has 6 nitrogen and oxygen atoms in total. The highest BCUT2D eigenvalue weighted by Crippen LogP contribution is 2.36. The Morgan fingerprint density at radius 2 is 1.89 bits per heavy atom. The summed E-state index contributed by atoms with van der Waals surface area (Å²) in [5.74, 6) is 0.741. The van der Waals surface area contributed by atoms with Gasteiger partial charge in [0.05, 0.1) is 0 Å². The van der Waals surface area contributed by atoms with E-state index in [-0.39, 0.29) is 34.6 Å². The zero-order valence-electron chi connectivity index (χ0n) is 16.5. The number of likely N-dealkylation sites (tertiary alicyclic amines) is 1. The van der Waals surface area contributed by atoms with E-state index < -0.39 is 0 Å². The van der Waals surface area contributed by atoms with E-state index >= 15 is 0 Å². The van der Waals surface area contributed by atoms with Crippen molar-refractivity contribution in [1.82, 2.24) is 9.47 Å². The van der Waals surface area contributed by atoms with E-state index in [0.29, 0.717) is 31.1 Å². The number of pyridine rings is 1. The second kappa shape index (κ2) is 6.50. The van der Waals surface area contributed by atoms with Gasteiger partial charge in [-0.1, -0.05) is 20.8 Å². The van der Waals surface area contributed by atoms with Gasteiger partial charge < -0.3 is 14.8 Å². The molecule has 2 amide bonds. The summed E-state index contributed by atoms with van der Waals surface area (Å²) in [5, 5.41) is 2.80. The minimum absolute atomic E-state index is 0.0207. The van der Waals surface area contributed by atoms with Crippen LogP contribution >= 0.6 is 0 Å². The third-order valence-corrected chi connectivity index (χ3v) is 5.84. The van der Waals surface area contributed by atoms with Crippen molar-refractivity contribution in [2.75, 3.05) is 18.4 Å². The van der Waals surface area contributed by atoms with E-state index in [1.54, 1.807) is 6.07 Å². The molecular formula is C21H29N3O3. The summed E-state index contributed by atoms with van der Waals surface area (Å²) in [4.78, 5) is 39.6. The molecule has 1 aromatic rings.